The monoisotopic (exact) mass is 319 g/mol. The van der Waals surface area contributed by atoms with Crippen molar-refractivity contribution in [1.29, 1.82) is 0 Å². The van der Waals surface area contributed by atoms with Crippen molar-refractivity contribution in [2.75, 3.05) is 11.1 Å². The zero-order chi connectivity index (χ0) is 13.8. The van der Waals surface area contributed by atoms with Crippen molar-refractivity contribution >= 4 is 27.4 Å². The van der Waals surface area contributed by atoms with Crippen molar-refractivity contribution in [3.63, 3.8) is 0 Å². The molecule has 3 N–H and O–H groups in total. The quantitative estimate of drug-likeness (QED) is 0.889. The molecule has 1 aromatic carbocycles. The third kappa shape index (κ3) is 3.70. The summed E-state index contributed by atoms with van der Waals surface area (Å²) >= 11 is 3.45. The van der Waals surface area contributed by atoms with Gasteiger partial charge in [0.25, 0.3) is 0 Å². The molecule has 100 valence electrons. The molecule has 3 nitrogen and oxygen atoms in total. The molecule has 0 aliphatic heterocycles. The lowest BCUT2D eigenvalue weighted by atomic mass is 10.0. The van der Waals surface area contributed by atoms with Crippen LogP contribution in [0.25, 0.3) is 0 Å². The summed E-state index contributed by atoms with van der Waals surface area (Å²) in [5.74, 6) is 1.37. The average molecular weight is 320 g/mol. The van der Waals surface area contributed by atoms with Gasteiger partial charge in [0.15, 0.2) is 0 Å². The second-order valence-corrected chi connectivity index (χ2v) is 5.70. The Labute approximate surface area is 122 Å². The van der Waals surface area contributed by atoms with E-state index in [-0.39, 0.29) is 0 Å². The highest BCUT2D eigenvalue weighted by Crippen LogP contribution is 2.22. The minimum atomic E-state index is 0.565. The maximum Gasteiger partial charge on any atom is 0.140 e. The minimum absolute atomic E-state index is 0.565. The van der Waals surface area contributed by atoms with E-state index in [1.54, 1.807) is 6.20 Å². The topological polar surface area (TPSA) is 50.9 Å². The zero-order valence-corrected chi connectivity index (χ0v) is 12.7. The van der Waals surface area contributed by atoms with Gasteiger partial charge in [-0.1, -0.05) is 38.1 Å². The number of aromatic nitrogens is 1. The van der Waals surface area contributed by atoms with Crippen LogP contribution in [-0.2, 0) is 6.54 Å². The second-order valence-electron chi connectivity index (χ2n) is 4.85. The SMILES string of the molecule is CC(C)c1ccc(CNc2ncc(N)cc2Br)cc1. The van der Waals surface area contributed by atoms with Gasteiger partial charge in [0.05, 0.1) is 16.4 Å². The molecule has 0 atom stereocenters. The summed E-state index contributed by atoms with van der Waals surface area (Å²) in [6.07, 6.45) is 1.65. The fraction of sp³-hybridized carbons (Fsp3) is 0.267. The number of nitrogens with two attached hydrogens (primary N) is 1. The van der Waals surface area contributed by atoms with Crippen LogP contribution in [0.2, 0.25) is 0 Å². The molecular formula is C15H18BrN3. The summed E-state index contributed by atoms with van der Waals surface area (Å²) in [5, 5.41) is 3.29. The van der Waals surface area contributed by atoms with E-state index in [0.29, 0.717) is 11.6 Å². The lowest BCUT2D eigenvalue weighted by Crippen LogP contribution is -2.03. The Hall–Kier alpha value is -1.55. The number of hydrogen-bond donors (Lipinski definition) is 2. The number of anilines is 2. The molecule has 19 heavy (non-hydrogen) atoms. The van der Waals surface area contributed by atoms with Crippen molar-refractivity contribution < 1.29 is 0 Å². The van der Waals surface area contributed by atoms with Crippen LogP contribution >= 0.6 is 15.9 Å². The van der Waals surface area contributed by atoms with Crippen LogP contribution in [-0.4, -0.2) is 4.98 Å². The highest BCUT2D eigenvalue weighted by molar-refractivity contribution is 9.10. The third-order valence-electron chi connectivity index (χ3n) is 2.97. The molecule has 2 aromatic rings. The molecule has 0 radical (unpaired) electrons. The maximum atomic E-state index is 5.66. The fourth-order valence-electron chi connectivity index (χ4n) is 1.79. The van der Waals surface area contributed by atoms with Crippen LogP contribution in [0.15, 0.2) is 41.0 Å². The molecule has 0 amide bonds. The standard InChI is InChI=1S/C15H18BrN3/c1-10(2)12-5-3-11(4-6-12)8-18-15-14(16)7-13(17)9-19-15/h3-7,9-10H,8,17H2,1-2H3,(H,18,19). The highest BCUT2D eigenvalue weighted by Gasteiger charge is 2.02. The van der Waals surface area contributed by atoms with Crippen molar-refractivity contribution in [3.8, 4) is 0 Å². The summed E-state index contributed by atoms with van der Waals surface area (Å²) in [4.78, 5) is 4.26. The van der Waals surface area contributed by atoms with E-state index in [9.17, 15) is 0 Å². The van der Waals surface area contributed by atoms with Crippen LogP contribution in [0.1, 0.15) is 30.9 Å². The summed E-state index contributed by atoms with van der Waals surface area (Å²) in [5.41, 5.74) is 8.90. The van der Waals surface area contributed by atoms with E-state index in [0.717, 1.165) is 16.8 Å². The van der Waals surface area contributed by atoms with Gasteiger partial charge in [-0.15, -0.1) is 0 Å². The van der Waals surface area contributed by atoms with E-state index in [2.05, 4.69) is 64.3 Å². The van der Waals surface area contributed by atoms with Gasteiger partial charge in [-0.25, -0.2) is 4.98 Å². The predicted molar refractivity (Wildman–Crippen MR) is 84.2 cm³/mol. The van der Waals surface area contributed by atoms with Crippen molar-refractivity contribution in [2.45, 2.75) is 26.3 Å². The largest absolute Gasteiger partial charge is 0.397 e. The zero-order valence-electron chi connectivity index (χ0n) is 11.2. The minimum Gasteiger partial charge on any atom is -0.397 e. The molecule has 0 bridgehead atoms. The summed E-state index contributed by atoms with van der Waals surface area (Å²) in [7, 11) is 0. The first kappa shape index (κ1) is 13.9. The molecule has 0 saturated heterocycles. The van der Waals surface area contributed by atoms with E-state index in [4.69, 9.17) is 5.73 Å². The molecule has 0 unspecified atom stereocenters. The molecule has 0 aliphatic carbocycles. The fourth-order valence-corrected chi connectivity index (χ4v) is 2.30. The summed E-state index contributed by atoms with van der Waals surface area (Å²) < 4.78 is 0.881. The van der Waals surface area contributed by atoms with Gasteiger partial charge in [0.1, 0.15) is 5.82 Å². The van der Waals surface area contributed by atoms with Crippen molar-refractivity contribution in [2.24, 2.45) is 0 Å². The highest BCUT2D eigenvalue weighted by atomic mass is 79.9. The van der Waals surface area contributed by atoms with Gasteiger partial charge >= 0.3 is 0 Å². The van der Waals surface area contributed by atoms with Gasteiger partial charge in [-0.05, 0) is 39.0 Å². The number of pyridine rings is 1. The number of nitrogen functional groups attached to an aromatic ring is 1. The smallest absolute Gasteiger partial charge is 0.140 e. The van der Waals surface area contributed by atoms with Crippen molar-refractivity contribution in [3.05, 3.63) is 52.1 Å². The molecule has 2 rings (SSSR count). The lowest BCUT2D eigenvalue weighted by Gasteiger charge is -2.10. The van der Waals surface area contributed by atoms with Gasteiger partial charge in [0, 0.05) is 6.54 Å². The number of hydrogen-bond acceptors (Lipinski definition) is 3. The molecule has 1 heterocycles. The van der Waals surface area contributed by atoms with Gasteiger partial charge in [-0.3, -0.25) is 0 Å². The van der Waals surface area contributed by atoms with Gasteiger partial charge in [0.2, 0.25) is 0 Å². The number of halogens is 1. The second kappa shape index (κ2) is 6.06. The van der Waals surface area contributed by atoms with Crippen LogP contribution in [0.5, 0.6) is 0 Å². The molecule has 4 heteroatoms. The first-order chi connectivity index (χ1) is 9.06. The number of nitrogens with zero attached hydrogens (tertiary/aromatic N) is 1. The Balaban J connectivity index is 2.02. The number of nitrogens with one attached hydrogen (secondary N) is 1. The van der Waals surface area contributed by atoms with E-state index < -0.39 is 0 Å². The number of benzene rings is 1. The first-order valence-corrected chi connectivity index (χ1v) is 7.09. The van der Waals surface area contributed by atoms with E-state index in [1.165, 1.54) is 11.1 Å². The predicted octanol–water partition coefficient (Wildman–Crippen LogP) is 4.16. The summed E-state index contributed by atoms with van der Waals surface area (Å²) in [6.45, 7) is 5.14. The van der Waals surface area contributed by atoms with Crippen LogP contribution in [0.3, 0.4) is 0 Å². The van der Waals surface area contributed by atoms with E-state index in [1.807, 2.05) is 6.07 Å². The average Bonchev–Trinajstić information content (AvgIpc) is 2.38. The Morgan fingerprint density at radius 1 is 1.26 bits per heavy atom. The maximum absolute atomic E-state index is 5.66. The van der Waals surface area contributed by atoms with Crippen molar-refractivity contribution in [1.82, 2.24) is 4.98 Å². The van der Waals surface area contributed by atoms with Crippen LogP contribution in [0, 0.1) is 0 Å². The van der Waals surface area contributed by atoms with Crippen LogP contribution < -0.4 is 11.1 Å². The van der Waals surface area contributed by atoms with Gasteiger partial charge in [-0.2, -0.15) is 0 Å². The normalized spacial score (nSPS) is 10.7. The van der Waals surface area contributed by atoms with Crippen LogP contribution in [0.4, 0.5) is 11.5 Å². The number of rotatable bonds is 4. The first-order valence-electron chi connectivity index (χ1n) is 6.30. The molecule has 0 spiro atoms. The Kier molecular flexibility index (Phi) is 4.43. The Bertz CT molecular complexity index is 550. The molecule has 1 aromatic heterocycles. The lowest BCUT2D eigenvalue weighted by molar-refractivity contribution is 0.865. The third-order valence-corrected chi connectivity index (χ3v) is 3.57. The molecule has 0 fully saturated rings. The van der Waals surface area contributed by atoms with Gasteiger partial charge < -0.3 is 11.1 Å². The molecule has 0 aliphatic rings. The van der Waals surface area contributed by atoms with E-state index >= 15 is 0 Å². The Morgan fingerprint density at radius 3 is 2.53 bits per heavy atom. The molecule has 0 saturated carbocycles. The summed E-state index contributed by atoms with van der Waals surface area (Å²) in [6, 6.07) is 10.5. The Morgan fingerprint density at radius 2 is 1.95 bits per heavy atom. The molecular weight excluding hydrogens is 302 g/mol.